The van der Waals surface area contributed by atoms with Crippen LogP contribution in [0, 0.1) is 12.7 Å². The molecule has 0 spiro atoms. The normalized spacial score (nSPS) is 11.8. The number of amides is 1. The van der Waals surface area contributed by atoms with E-state index in [4.69, 9.17) is 0 Å². The minimum atomic E-state index is -0.277. The maximum atomic E-state index is 13.3. The van der Waals surface area contributed by atoms with Crippen LogP contribution in [0.25, 0.3) is 16.2 Å². The zero-order valence-electron chi connectivity index (χ0n) is 19.8. The molecule has 4 aromatic heterocycles. The Morgan fingerprint density at radius 2 is 1.80 bits per heavy atom. The molecule has 0 saturated carbocycles. The molecule has 178 valence electrons. The van der Waals surface area contributed by atoms with Crippen LogP contribution in [-0.4, -0.2) is 35.4 Å². The molecule has 1 aromatic carbocycles. The van der Waals surface area contributed by atoms with E-state index in [0.717, 1.165) is 27.2 Å². The zero-order valence-corrected chi connectivity index (χ0v) is 20.6. The SMILES string of the molecule is Cc1nn(Cc2ccc(F)cc2)c2sc(C(=O)Nc3cc(C(C)(C)C)nn3-c3ncccn3)cc12. The predicted molar refractivity (Wildman–Crippen MR) is 134 cm³/mol. The molecule has 10 heteroatoms. The molecule has 5 rings (SSSR count). The molecular formula is C25H24FN7OS. The molecule has 0 bridgehead atoms. The van der Waals surface area contributed by atoms with E-state index in [1.807, 2.05) is 23.7 Å². The minimum Gasteiger partial charge on any atom is -0.306 e. The van der Waals surface area contributed by atoms with Gasteiger partial charge in [-0.1, -0.05) is 32.9 Å². The first-order valence-corrected chi connectivity index (χ1v) is 11.9. The van der Waals surface area contributed by atoms with Crippen LogP contribution < -0.4 is 5.32 Å². The standard InChI is InChI=1S/C25H24FN7OS/c1-15-18-12-19(35-23(18)32(30-15)14-16-6-8-17(26)9-7-16)22(34)29-21-13-20(25(2,3)4)31-33(21)24-27-10-5-11-28-24/h5-13H,14H2,1-4H3,(H,29,34). The summed E-state index contributed by atoms with van der Waals surface area (Å²) in [5.41, 5.74) is 2.34. The smallest absolute Gasteiger partial charge is 0.266 e. The minimum absolute atomic E-state index is 0.224. The number of benzene rings is 1. The number of nitrogens with one attached hydrogen (secondary N) is 1. The molecular weight excluding hydrogens is 465 g/mol. The summed E-state index contributed by atoms with van der Waals surface area (Å²) in [4.78, 5) is 23.3. The van der Waals surface area contributed by atoms with E-state index < -0.39 is 0 Å². The highest BCUT2D eigenvalue weighted by molar-refractivity contribution is 7.20. The highest BCUT2D eigenvalue weighted by atomic mass is 32.1. The first-order chi connectivity index (χ1) is 16.7. The fourth-order valence-electron chi connectivity index (χ4n) is 3.66. The molecule has 0 fully saturated rings. The molecule has 0 unspecified atom stereocenters. The van der Waals surface area contributed by atoms with E-state index in [1.165, 1.54) is 23.5 Å². The van der Waals surface area contributed by atoms with Gasteiger partial charge in [0, 0.05) is 29.3 Å². The lowest BCUT2D eigenvalue weighted by molar-refractivity contribution is 0.103. The molecule has 0 atom stereocenters. The van der Waals surface area contributed by atoms with Crippen molar-refractivity contribution in [1.82, 2.24) is 29.5 Å². The number of aryl methyl sites for hydroxylation is 1. The Hall–Kier alpha value is -3.92. The summed E-state index contributed by atoms with van der Waals surface area (Å²) in [5, 5.41) is 13.2. The van der Waals surface area contributed by atoms with Gasteiger partial charge in [0.25, 0.3) is 11.9 Å². The van der Waals surface area contributed by atoms with Gasteiger partial charge in [-0.15, -0.1) is 11.3 Å². The molecule has 0 aliphatic rings. The van der Waals surface area contributed by atoms with Crippen LogP contribution >= 0.6 is 11.3 Å². The van der Waals surface area contributed by atoms with Crippen LogP contribution in [0.15, 0.2) is 54.9 Å². The number of nitrogens with zero attached hydrogens (tertiary/aromatic N) is 6. The molecule has 0 radical (unpaired) electrons. The van der Waals surface area contributed by atoms with E-state index >= 15 is 0 Å². The summed E-state index contributed by atoms with van der Waals surface area (Å²) in [6.07, 6.45) is 3.27. The van der Waals surface area contributed by atoms with Crippen LogP contribution in [0.2, 0.25) is 0 Å². The fourth-order valence-corrected chi connectivity index (χ4v) is 4.72. The van der Waals surface area contributed by atoms with Crippen molar-refractivity contribution >= 4 is 33.3 Å². The molecule has 4 heterocycles. The van der Waals surface area contributed by atoms with Crippen LogP contribution in [0.4, 0.5) is 10.2 Å². The number of rotatable bonds is 5. The third-order valence-corrected chi connectivity index (χ3v) is 6.68. The van der Waals surface area contributed by atoms with E-state index in [2.05, 4.69) is 46.3 Å². The van der Waals surface area contributed by atoms with Crippen molar-refractivity contribution < 1.29 is 9.18 Å². The van der Waals surface area contributed by atoms with E-state index in [1.54, 1.807) is 35.3 Å². The molecule has 0 aliphatic heterocycles. The van der Waals surface area contributed by atoms with Gasteiger partial charge in [-0.3, -0.25) is 9.48 Å². The summed E-state index contributed by atoms with van der Waals surface area (Å²) >= 11 is 1.36. The van der Waals surface area contributed by atoms with Crippen molar-refractivity contribution in [2.75, 3.05) is 5.32 Å². The number of halogens is 1. The average Bonchev–Trinajstić information content (AvgIpc) is 3.52. The first kappa shape index (κ1) is 22.9. The Balaban J connectivity index is 1.46. The number of carbonyl (C=O) groups is 1. The van der Waals surface area contributed by atoms with E-state index in [-0.39, 0.29) is 17.1 Å². The van der Waals surface area contributed by atoms with Gasteiger partial charge in [-0.05, 0) is 36.8 Å². The monoisotopic (exact) mass is 489 g/mol. The Bertz CT molecular complexity index is 1510. The Morgan fingerprint density at radius 1 is 1.09 bits per heavy atom. The zero-order chi connectivity index (χ0) is 24.7. The summed E-state index contributed by atoms with van der Waals surface area (Å²) in [7, 11) is 0. The Morgan fingerprint density at radius 3 is 2.49 bits per heavy atom. The van der Waals surface area contributed by atoms with Gasteiger partial charge in [-0.25, -0.2) is 14.4 Å². The third-order valence-electron chi connectivity index (χ3n) is 5.54. The van der Waals surface area contributed by atoms with Gasteiger partial charge in [0.05, 0.1) is 22.8 Å². The van der Waals surface area contributed by atoms with Crippen molar-refractivity contribution in [2.24, 2.45) is 0 Å². The number of hydrogen-bond acceptors (Lipinski definition) is 6. The number of hydrogen-bond donors (Lipinski definition) is 1. The van der Waals surface area contributed by atoms with Crippen molar-refractivity contribution in [3.8, 4) is 5.95 Å². The summed E-state index contributed by atoms with van der Waals surface area (Å²) in [6.45, 7) is 8.56. The molecule has 0 saturated heterocycles. The highest BCUT2D eigenvalue weighted by Gasteiger charge is 2.24. The second-order valence-electron chi connectivity index (χ2n) is 9.28. The molecule has 1 N–H and O–H groups in total. The highest BCUT2D eigenvalue weighted by Crippen LogP contribution is 2.30. The van der Waals surface area contributed by atoms with Gasteiger partial charge < -0.3 is 5.32 Å². The number of fused-ring (bicyclic) bond motifs is 1. The van der Waals surface area contributed by atoms with Crippen LogP contribution in [-0.2, 0) is 12.0 Å². The van der Waals surface area contributed by atoms with Gasteiger partial charge in [0.15, 0.2) is 0 Å². The van der Waals surface area contributed by atoms with Crippen LogP contribution in [0.3, 0.4) is 0 Å². The molecule has 1 amide bonds. The lowest BCUT2D eigenvalue weighted by Gasteiger charge is -2.13. The van der Waals surface area contributed by atoms with Crippen molar-refractivity contribution in [1.29, 1.82) is 0 Å². The van der Waals surface area contributed by atoms with Gasteiger partial charge in [0.1, 0.15) is 16.5 Å². The van der Waals surface area contributed by atoms with Crippen molar-refractivity contribution in [2.45, 2.75) is 39.7 Å². The first-order valence-electron chi connectivity index (χ1n) is 11.1. The van der Waals surface area contributed by atoms with Gasteiger partial charge >= 0.3 is 0 Å². The third kappa shape index (κ3) is 4.57. The molecule has 8 nitrogen and oxygen atoms in total. The van der Waals surface area contributed by atoms with E-state index in [9.17, 15) is 9.18 Å². The number of thiophene rings is 1. The predicted octanol–water partition coefficient (Wildman–Crippen LogP) is 5.12. The average molecular weight is 490 g/mol. The van der Waals surface area contributed by atoms with Crippen LogP contribution in [0.5, 0.6) is 0 Å². The van der Waals surface area contributed by atoms with Gasteiger partial charge in [0.2, 0.25) is 0 Å². The van der Waals surface area contributed by atoms with E-state index in [0.29, 0.717) is 23.2 Å². The maximum absolute atomic E-state index is 13.3. The molecule has 5 aromatic rings. The summed E-state index contributed by atoms with van der Waals surface area (Å²) in [5.74, 6) is 0.338. The lowest BCUT2D eigenvalue weighted by atomic mass is 9.92. The fraction of sp³-hybridized carbons (Fsp3) is 0.240. The van der Waals surface area contributed by atoms with Crippen molar-refractivity contribution in [3.63, 3.8) is 0 Å². The number of carbonyl (C=O) groups excluding carboxylic acids is 1. The summed E-state index contributed by atoms with van der Waals surface area (Å²) < 4.78 is 16.7. The quantitative estimate of drug-likeness (QED) is 0.370. The topological polar surface area (TPSA) is 90.5 Å². The Kier molecular flexibility index (Phi) is 5.68. The maximum Gasteiger partial charge on any atom is 0.266 e. The number of aromatic nitrogens is 6. The second kappa shape index (κ2) is 8.70. The lowest BCUT2D eigenvalue weighted by Crippen LogP contribution is -2.15. The largest absolute Gasteiger partial charge is 0.306 e. The van der Waals surface area contributed by atoms with Gasteiger partial charge in [-0.2, -0.15) is 14.9 Å². The van der Waals surface area contributed by atoms with Crippen LogP contribution in [0.1, 0.15) is 47.4 Å². The van der Waals surface area contributed by atoms with Crippen molar-refractivity contribution in [3.05, 3.63) is 82.5 Å². The molecule has 0 aliphatic carbocycles. The molecule has 35 heavy (non-hydrogen) atoms. The Labute approximate surface area is 205 Å². The number of anilines is 1. The summed E-state index contributed by atoms with van der Waals surface area (Å²) in [6, 6.07) is 11.8. The second-order valence-corrected chi connectivity index (χ2v) is 10.3.